The fourth-order valence-corrected chi connectivity index (χ4v) is 3.17. The number of carbonyl (C=O) groups excluding carboxylic acids is 1. The molecule has 1 heterocycles. The van der Waals surface area contributed by atoms with Crippen LogP contribution < -0.4 is 14.4 Å². The van der Waals surface area contributed by atoms with Gasteiger partial charge in [0.2, 0.25) is 0 Å². The smallest absolute Gasteiger partial charge is 0.258 e. The van der Waals surface area contributed by atoms with Crippen molar-refractivity contribution in [2.45, 2.75) is 39.3 Å². The minimum Gasteiger partial charge on any atom is -0.493 e. The molecule has 0 aliphatic carbocycles. The van der Waals surface area contributed by atoms with Crippen LogP contribution in [0, 0.1) is 0 Å². The molecule has 0 radical (unpaired) electrons. The van der Waals surface area contributed by atoms with Crippen LogP contribution >= 0.6 is 0 Å². The van der Waals surface area contributed by atoms with Crippen molar-refractivity contribution in [2.75, 3.05) is 12.0 Å². The highest BCUT2D eigenvalue weighted by atomic mass is 16.5. The van der Waals surface area contributed by atoms with Crippen molar-refractivity contribution in [3.63, 3.8) is 0 Å². The number of hydrogen-bond donors (Lipinski definition) is 0. The molecule has 126 valence electrons. The summed E-state index contributed by atoms with van der Waals surface area (Å²) in [5.41, 5.74) is 2.81. The maximum atomic E-state index is 13.1. The van der Waals surface area contributed by atoms with E-state index in [1.165, 1.54) is 5.56 Å². The van der Waals surface area contributed by atoms with Crippen molar-refractivity contribution < 1.29 is 14.3 Å². The van der Waals surface area contributed by atoms with Crippen LogP contribution in [-0.4, -0.2) is 25.2 Å². The summed E-state index contributed by atoms with van der Waals surface area (Å²) in [4.78, 5) is 14.9. The lowest BCUT2D eigenvalue weighted by molar-refractivity contribution is 0.0981. The third kappa shape index (κ3) is 2.96. The van der Waals surface area contributed by atoms with Crippen LogP contribution in [0.5, 0.6) is 11.5 Å². The monoisotopic (exact) mass is 325 g/mol. The molecule has 1 atom stereocenters. The van der Waals surface area contributed by atoms with Gasteiger partial charge in [0.1, 0.15) is 0 Å². The Labute approximate surface area is 143 Å². The lowest BCUT2D eigenvalue weighted by Gasteiger charge is -2.23. The third-order valence-corrected chi connectivity index (χ3v) is 4.20. The first-order valence-corrected chi connectivity index (χ1v) is 8.27. The molecule has 4 heteroatoms. The van der Waals surface area contributed by atoms with Gasteiger partial charge in [0.15, 0.2) is 11.5 Å². The zero-order chi connectivity index (χ0) is 17.3. The Kier molecular flexibility index (Phi) is 4.47. The number of fused-ring (bicyclic) bond motifs is 1. The van der Waals surface area contributed by atoms with Crippen molar-refractivity contribution in [2.24, 2.45) is 0 Å². The van der Waals surface area contributed by atoms with Crippen LogP contribution in [0.3, 0.4) is 0 Å². The second kappa shape index (κ2) is 6.56. The topological polar surface area (TPSA) is 38.8 Å². The minimum absolute atomic E-state index is 0.0122. The highest BCUT2D eigenvalue weighted by Crippen LogP contribution is 2.35. The number of ether oxygens (including phenoxy) is 2. The van der Waals surface area contributed by atoms with E-state index in [-0.39, 0.29) is 18.1 Å². The predicted octanol–water partition coefficient (Wildman–Crippen LogP) is 4.07. The van der Waals surface area contributed by atoms with Crippen molar-refractivity contribution in [3.8, 4) is 11.5 Å². The molecule has 0 spiro atoms. The number of methoxy groups -OCH3 is 1. The second-order valence-electron chi connectivity index (χ2n) is 6.39. The first-order valence-electron chi connectivity index (χ1n) is 8.27. The summed E-state index contributed by atoms with van der Waals surface area (Å²) in [6.07, 6.45) is 0.930. The average Bonchev–Trinajstić information content (AvgIpc) is 2.89. The van der Waals surface area contributed by atoms with Gasteiger partial charge in [0.05, 0.1) is 13.2 Å². The molecular formula is C20H23NO3. The van der Waals surface area contributed by atoms with Crippen LogP contribution in [0.25, 0.3) is 0 Å². The van der Waals surface area contributed by atoms with Gasteiger partial charge < -0.3 is 14.4 Å². The lowest BCUT2D eigenvalue weighted by atomic mass is 10.1. The van der Waals surface area contributed by atoms with Crippen molar-refractivity contribution in [1.29, 1.82) is 0 Å². The van der Waals surface area contributed by atoms with Crippen molar-refractivity contribution in [1.82, 2.24) is 0 Å². The molecule has 0 aromatic heterocycles. The molecule has 0 saturated carbocycles. The Morgan fingerprint density at radius 3 is 2.62 bits per heavy atom. The molecular weight excluding hydrogens is 302 g/mol. The van der Waals surface area contributed by atoms with Gasteiger partial charge in [-0.15, -0.1) is 0 Å². The van der Waals surface area contributed by atoms with Gasteiger partial charge in [0.25, 0.3) is 5.91 Å². The number of nitrogens with zero attached hydrogens (tertiary/aromatic N) is 1. The molecule has 2 aromatic carbocycles. The molecule has 1 aliphatic rings. The number of carbonyl (C=O) groups is 1. The van der Waals surface area contributed by atoms with E-state index >= 15 is 0 Å². The number of anilines is 1. The number of para-hydroxylation sites is 1. The number of rotatable bonds is 4. The van der Waals surface area contributed by atoms with Crippen LogP contribution in [0.1, 0.15) is 36.7 Å². The lowest BCUT2D eigenvalue weighted by Crippen LogP contribution is -2.35. The van der Waals surface area contributed by atoms with Crippen LogP contribution in [0.2, 0.25) is 0 Å². The zero-order valence-corrected chi connectivity index (χ0v) is 14.6. The average molecular weight is 325 g/mol. The molecule has 1 amide bonds. The van der Waals surface area contributed by atoms with Crippen molar-refractivity contribution in [3.05, 3.63) is 53.6 Å². The number of hydrogen-bond acceptors (Lipinski definition) is 3. The van der Waals surface area contributed by atoms with E-state index in [9.17, 15) is 4.79 Å². The van der Waals surface area contributed by atoms with Crippen molar-refractivity contribution >= 4 is 11.6 Å². The normalized spacial score (nSPS) is 16.2. The van der Waals surface area contributed by atoms with E-state index in [1.54, 1.807) is 25.3 Å². The third-order valence-electron chi connectivity index (χ3n) is 4.20. The Balaban J connectivity index is 1.93. The van der Waals surface area contributed by atoms with Gasteiger partial charge in [-0.05, 0) is 57.0 Å². The predicted molar refractivity (Wildman–Crippen MR) is 95.2 cm³/mol. The molecule has 0 fully saturated rings. The summed E-state index contributed by atoms with van der Waals surface area (Å²) in [5.74, 6) is 1.22. The highest BCUT2D eigenvalue weighted by Gasteiger charge is 2.31. The van der Waals surface area contributed by atoms with E-state index in [0.29, 0.717) is 17.1 Å². The van der Waals surface area contributed by atoms with E-state index in [2.05, 4.69) is 13.0 Å². The fourth-order valence-electron chi connectivity index (χ4n) is 3.17. The summed E-state index contributed by atoms with van der Waals surface area (Å²) >= 11 is 0. The summed E-state index contributed by atoms with van der Waals surface area (Å²) in [6.45, 7) is 5.99. The zero-order valence-electron chi connectivity index (χ0n) is 14.6. The quantitative estimate of drug-likeness (QED) is 0.850. The Morgan fingerprint density at radius 2 is 1.92 bits per heavy atom. The molecule has 24 heavy (non-hydrogen) atoms. The standard InChI is InChI=1S/C20H23NO3/c1-13(2)24-18-10-9-16(12-19(18)23-4)20(22)21-14(3)11-15-7-5-6-8-17(15)21/h5-10,12-14H,11H2,1-4H3. The van der Waals surface area contributed by atoms with Gasteiger partial charge in [-0.25, -0.2) is 0 Å². The van der Waals surface area contributed by atoms with E-state index in [0.717, 1.165) is 12.1 Å². The molecule has 0 bridgehead atoms. The number of amides is 1. The molecule has 0 N–H and O–H groups in total. The molecule has 1 unspecified atom stereocenters. The summed E-state index contributed by atoms with van der Waals surface area (Å²) in [7, 11) is 1.59. The first-order chi connectivity index (χ1) is 11.5. The van der Waals surface area contributed by atoms with Gasteiger partial charge in [-0.2, -0.15) is 0 Å². The van der Waals surface area contributed by atoms with Gasteiger partial charge in [0, 0.05) is 17.3 Å². The summed E-state index contributed by atoms with van der Waals surface area (Å²) in [5, 5.41) is 0. The van der Waals surface area contributed by atoms with Crippen LogP contribution in [-0.2, 0) is 6.42 Å². The maximum absolute atomic E-state index is 13.1. The molecule has 4 nitrogen and oxygen atoms in total. The summed E-state index contributed by atoms with van der Waals surface area (Å²) < 4.78 is 11.1. The first kappa shape index (κ1) is 16.4. The second-order valence-corrected chi connectivity index (χ2v) is 6.39. The van der Waals surface area contributed by atoms with Gasteiger partial charge >= 0.3 is 0 Å². The molecule has 3 rings (SSSR count). The minimum atomic E-state index is -0.0122. The largest absolute Gasteiger partial charge is 0.493 e. The number of benzene rings is 2. The molecule has 2 aromatic rings. The highest BCUT2D eigenvalue weighted by molar-refractivity contribution is 6.08. The Bertz CT molecular complexity index is 754. The maximum Gasteiger partial charge on any atom is 0.258 e. The van der Waals surface area contributed by atoms with Crippen LogP contribution in [0.15, 0.2) is 42.5 Å². The van der Waals surface area contributed by atoms with Gasteiger partial charge in [-0.3, -0.25) is 4.79 Å². The van der Waals surface area contributed by atoms with E-state index < -0.39 is 0 Å². The Morgan fingerprint density at radius 1 is 1.17 bits per heavy atom. The van der Waals surface area contributed by atoms with Gasteiger partial charge in [-0.1, -0.05) is 18.2 Å². The summed E-state index contributed by atoms with van der Waals surface area (Å²) in [6, 6.07) is 13.6. The fraction of sp³-hybridized carbons (Fsp3) is 0.350. The van der Waals surface area contributed by atoms with E-state index in [1.807, 2.05) is 36.9 Å². The van der Waals surface area contributed by atoms with Crippen LogP contribution in [0.4, 0.5) is 5.69 Å². The molecule has 1 aliphatic heterocycles. The molecule has 0 saturated heterocycles. The van der Waals surface area contributed by atoms with E-state index in [4.69, 9.17) is 9.47 Å². The SMILES string of the molecule is COc1cc(C(=O)N2c3ccccc3CC2C)ccc1OC(C)C. The Hall–Kier alpha value is -2.49.